The molecular weight excluding hydrogens is 322 g/mol. The van der Waals surface area contributed by atoms with Gasteiger partial charge in [0.05, 0.1) is 6.54 Å². The SMILES string of the molecule is CC1=C(NCCN(C)C(=O)OC(C)(C)C)CN(C(=O)OC(C)(C)C)C1. The largest absolute Gasteiger partial charge is 0.444 e. The van der Waals surface area contributed by atoms with Crippen LogP contribution in [-0.2, 0) is 9.47 Å². The molecule has 1 aliphatic heterocycles. The Kier molecular flexibility index (Phi) is 6.74. The normalized spacial score (nSPS) is 15.3. The molecule has 1 heterocycles. The lowest BCUT2D eigenvalue weighted by atomic mass is 10.2. The van der Waals surface area contributed by atoms with Crippen LogP contribution in [0.2, 0.25) is 0 Å². The van der Waals surface area contributed by atoms with Crippen LogP contribution < -0.4 is 5.32 Å². The number of nitrogens with zero attached hydrogens (tertiary/aromatic N) is 2. The monoisotopic (exact) mass is 355 g/mol. The molecule has 0 saturated heterocycles. The van der Waals surface area contributed by atoms with Gasteiger partial charge in [0.1, 0.15) is 11.2 Å². The molecule has 1 rings (SSSR count). The van der Waals surface area contributed by atoms with Gasteiger partial charge in [-0.2, -0.15) is 0 Å². The number of rotatable bonds is 4. The van der Waals surface area contributed by atoms with Crippen molar-refractivity contribution in [3.05, 3.63) is 11.3 Å². The maximum Gasteiger partial charge on any atom is 0.410 e. The second-order valence-electron chi connectivity index (χ2n) is 8.42. The number of amides is 2. The lowest BCUT2D eigenvalue weighted by molar-refractivity contribution is 0.0295. The molecule has 0 aliphatic carbocycles. The Labute approximate surface area is 151 Å². The highest BCUT2D eigenvalue weighted by Crippen LogP contribution is 2.18. The molecule has 0 aromatic heterocycles. The Bertz CT molecular complexity index is 529. The van der Waals surface area contributed by atoms with E-state index in [0.29, 0.717) is 26.2 Å². The summed E-state index contributed by atoms with van der Waals surface area (Å²) in [6, 6.07) is 0. The van der Waals surface area contributed by atoms with Gasteiger partial charge in [0.25, 0.3) is 0 Å². The standard InChI is InChI=1S/C18H33N3O4/c1-13-11-21(16(23)25-18(5,6)7)12-14(13)19-9-10-20(8)15(22)24-17(2,3)4/h19H,9-12H2,1-8H3. The number of carbonyl (C=O) groups excluding carboxylic acids is 2. The van der Waals surface area contributed by atoms with E-state index in [-0.39, 0.29) is 12.2 Å². The van der Waals surface area contributed by atoms with E-state index in [1.807, 2.05) is 48.5 Å². The smallest absolute Gasteiger partial charge is 0.410 e. The zero-order valence-corrected chi connectivity index (χ0v) is 16.9. The lowest BCUT2D eigenvalue weighted by Crippen LogP contribution is -2.39. The van der Waals surface area contributed by atoms with Crippen LogP contribution in [0.3, 0.4) is 0 Å². The second kappa shape index (κ2) is 7.97. The molecule has 2 amide bonds. The van der Waals surface area contributed by atoms with Crippen LogP contribution in [0, 0.1) is 0 Å². The van der Waals surface area contributed by atoms with Gasteiger partial charge < -0.3 is 19.7 Å². The fraction of sp³-hybridized carbons (Fsp3) is 0.778. The summed E-state index contributed by atoms with van der Waals surface area (Å²) in [5.74, 6) is 0. The Balaban J connectivity index is 2.42. The Morgan fingerprint density at radius 2 is 1.64 bits per heavy atom. The molecule has 0 aromatic rings. The van der Waals surface area contributed by atoms with Crippen LogP contribution in [0.1, 0.15) is 48.5 Å². The molecular formula is C18H33N3O4. The van der Waals surface area contributed by atoms with E-state index >= 15 is 0 Å². The molecule has 0 saturated carbocycles. The van der Waals surface area contributed by atoms with E-state index in [4.69, 9.17) is 9.47 Å². The molecule has 1 aliphatic rings. The van der Waals surface area contributed by atoms with Gasteiger partial charge in [-0.1, -0.05) is 0 Å². The molecule has 0 unspecified atom stereocenters. The van der Waals surface area contributed by atoms with Gasteiger partial charge in [-0.25, -0.2) is 9.59 Å². The quantitative estimate of drug-likeness (QED) is 0.839. The highest BCUT2D eigenvalue weighted by molar-refractivity contribution is 5.70. The topological polar surface area (TPSA) is 71.1 Å². The fourth-order valence-corrected chi connectivity index (χ4v) is 2.23. The van der Waals surface area contributed by atoms with Crippen molar-refractivity contribution in [1.82, 2.24) is 15.1 Å². The highest BCUT2D eigenvalue weighted by Gasteiger charge is 2.28. The Hall–Kier alpha value is -1.92. The zero-order valence-electron chi connectivity index (χ0n) is 16.9. The maximum atomic E-state index is 12.1. The predicted octanol–water partition coefficient (Wildman–Crippen LogP) is 2.97. The number of ether oxygens (including phenoxy) is 2. The minimum atomic E-state index is -0.503. The molecule has 1 N–H and O–H groups in total. The summed E-state index contributed by atoms with van der Waals surface area (Å²) in [4.78, 5) is 27.3. The van der Waals surface area contributed by atoms with Gasteiger partial charge in [0.2, 0.25) is 0 Å². The van der Waals surface area contributed by atoms with Crippen molar-refractivity contribution in [2.24, 2.45) is 0 Å². The van der Waals surface area contributed by atoms with Gasteiger partial charge in [-0.3, -0.25) is 4.90 Å². The number of hydrogen-bond donors (Lipinski definition) is 1. The predicted molar refractivity (Wildman–Crippen MR) is 97.4 cm³/mol. The average molecular weight is 355 g/mol. The first-order valence-corrected chi connectivity index (χ1v) is 8.63. The van der Waals surface area contributed by atoms with E-state index in [9.17, 15) is 9.59 Å². The maximum absolute atomic E-state index is 12.1. The molecule has 0 aromatic carbocycles. The number of nitrogens with one attached hydrogen (secondary N) is 1. The zero-order chi connectivity index (χ0) is 19.4. The summed E-state index contributed by atoms with van der Waals surface area (Å²) in [6.07, 6.45) is -0.656. The third-order valence-electron chi connectivity index (χ3n) is 3.43. The van der Waals surface area contributed by atoms with Crippen molar-refractivity contribution >= 4 is 12.2 Å². The Morgan fingerprint density at radius 3 is 2.16 bits per heavy atom. The first-order valence-electron chi connectivity index (χ1n) is 8.63. The first-order chi connectivity index (χ1) is 11.3. The van der Waals surface area contributed by atoms with E-state index in [1.54, 1.807) is 11.9 Å². The van der Waals surface area contributed by atoms with Crippen LogP contribution in [0.15, 0.2) is 11.3 Å². The number of likely N-dealkylation sites (N-methyl/N-ethyl adjacent to an activating group) is 1. The molecule has 7 nitrogen and oxygen atoms in total. The molecule has 25 heavy (non-hydrogen) atoms. The molecule has 0 spiro atoms. The van der Waals surface area contributed by atoms with Crippen LogP contribution in [0.5, 0.6) is 0 Å². The molecule has 0 fully saturated rings. The number of carbonyl (C=O) groups is 2. The van der Waals surface area contributed by atoms with Crippen LogP contribution >= 0.6 is 0 Å². The van der Waals surface area contributed by atoms with Crippen molar-refractivity contribution in [2.75, 3.05) is 33.2 Å². The van der Waals surface area contributed by atoms with Gasteiger partial charge in [-0.05, 0) is 54.0 Å². The molecule has 144 valence electrons. The van der Waals surface area contributed by atoms with Crippen molar-refractivity contribution < 1.29 is 19.1 Å². The van der Waals surface area contributed by atoms with Crippen molar-refractivity contribution in [2.45, 2.75) is 59.7 Å². The molecule has 0 atom stereocenters. The van der Waals surface area contributed by atoms with Gasteiger partial charge in [0, 0.05) is 32.4 Å². The third-order valence-corrected chi connectivity index (χ3v) is 3.43. The van der Waals surface area contributed by atoms with Crippen molar-refractivity contribution in [3.8, 4) is 0 Å². The van der Waals surface area contributed by atoms with Crippen LogP contribution in [-0.4, -0.2) is 66.4 Å². The van der Waals surface area contributed by atoms with E-state index < -0.39 is 11.2 Å². The first kappa shape index (κ1) is 21.1. The second-order valence-corrected chi connectivity index (χ2v) is 8.42. The fourth-order valence-electron chi connectivity index (χ4n) is 2.23. The van der Waals surface area contributed by atoms with Crippen molar-refractivity contribution in [3.63, 3.8) is 0 Å². The summed E-state index contributed by atoms with van der Waals surface area (Å²) in [5, 5.41) is 3.31. The molecule has 0 bridgehead atoms. The number of hydrogen-bond acceptors (Lipinski definition) is 5. The highest BCUT2D eigenvalue weighted by atomic mass is 16.6. The minimum absolute atomic E-state index is 0.311. The van der Waals surface area contributed by atoms with Gasteiger partial charge in [-0.15, -0.1) is 0 Å². The molecule has 7 heteroatoms. The summed E-state index contributed by atoms with van der Waals surface area (Å²) < 4.78 is 10.7. The van der Waals surface area contributed by atoms with Crippen LogP contribution in [0.4, 0.5) is 9.59 Å². The van der Waals surface area contributed by atoms with E-state index in [1.165, 1.54) is 4.90 Å². The summed E-state index contributed by atoms with van der Waals surface area (Å²) in [7, 11) is 1.71. The minimum Gasteiger partial charge on any atom is -0.444 e. The van der Waals surface area contributed by atoms with E-state index in [0.717, 1.165) is 11.3 Å². The van der Waals surface area contributed by atoms with E-state index in [2.05, 4.69) is 5.32 Å². The summed E-state index contributed by atoms with van der Waals surface area (Å²) in [6.45, 7) is 15.2. The van der Waals surface area contributed by atoms with Gasteiger partial charge in [0.15, 0.2) is 0 Å². The lowest BCUT2D eigenvalue weighted by Gasteiger charge is -2.25. The van der Waals surface area contributed by atoms with Crippen molar-refractivity contribution in [1.29, 1.82) is 0 Å². The molecule has 0 radical (unpaired) electrons. The third kappa shape index (κ3) is 7.67. The summed E-state index contributed by atoms with van der Waals surface area (Å²) in [5.41, 5.74) is 1.10. The van der Waals surface area contributed by atoms with Crippen LogP contribution in [0.25, 0.3) is 0 Å². The Morgan fingerprint density at radius 1 is 1.08 bits per heavy atom. The van der Waals surface area contributed by atoms with Gasteiger partial charge >= 0.3 is 12.2 Å². The average Bonchev–Trinajstić information content (AvgIpc) is 2.76. The summed E-state index contributed by atoms with van der Waals surface area (Å²) >= 11 is 0.